The predicted molar refractivity (Wildman–Crippen MR) is 191 cm³/mol. The molecule has 0 saturated heterocycles. The Balaban J connectivity index is 1.24. The van der Waals surface area contributed by atoms with Crippen LogP contribution in [0.3, 0.4) is 0 Å². The molecule has 0 fully saturated rings. The van der Waals surface area contributed by atoms with Crippen LogP contribution in [0.1, 0.15) is 0 Å². The van der Waals surface area contributed by atoms with E-state index in [4.69, 9.17) is 9.97 Å². The molecule has 0 spiro atoms. The van der Waals surface area contributed by atoms with Crippen molar-refractivity contribution in [3.63, 3.8) is 0 Å². The summed E-state index contributed by atoms with van der Waals surface area (Å²) in [6, 6.07) is 47.5. The number of rotatable bonds is 2. The molecule has 208 valence electrons. The molecule has 0 N–H and O–H groups in total. The third kappa shape index (κ3) is 3.60. The van der Waals surface area contributed by atoms with Crippen LogP contribution in [-0.4, -0.2) is 15.0 Å². The summed E-state index contributed by atoms with van der Waals surface area (Å²) in [7, 11) is 0. The van der Waals surface area contributed by atoms with E-state index in [0.29, 0.717) is 0 Å². The van der Waals surface area contributed by atoms with E-state index < -0.39 is 0 Å². The molecule has 4 heterocycles. The van der Waals surface area contributed by atoms with Gasteiger partial charge in [0, 0.05) is 59.0 Å². The van der Waals surface area contributed by atoms with Gasteiger partial charge in [0.15, 0.2) is 0 Å². The number of hydrogen-bond donors (Lipinski definition) is 0. The highest BCUT2D eigenvalue weighted by atomic mass is 32.1. The van der Waals surface area contributed by atoms with E-state index in [1.807, 2.05) is 23.6 Å². The molecule has 0 aliphatic rings. The Morgan fingerprint density at radius 2 is 1.13 bits per heavy atom. The van der Waals surface area contributed by atoms with Crippen LogP contribution in [0.4, 0.5) is 0 Å². The fourth-order valence-corrected chi connectivity index (χ4v) is 8.19. The molecule has 4 heteroatoms. The highest BCUT2D eigenvalue weighted by Gasteiger charge is 2.18. The lowest BCUT2D eigenvalue weighted by molar-refractivity contribution is 1.37. The first-order valence-corrected chi connectivity index (χ1v) is 15.9. The Hall–Kier alpha value is -5.71. The molecular formula is C41H23N3S. The average Bonchev–Trinajstić information content (AvgIpc) is 3.49. The number of nitrogens with zero attached hydrogens (tertiary/aromatic N) is 3. The van der Waals surface area contributed by atoms with Crippen molar-refractivity contribution in [2.24, 2.45) is 0 Å². The summed E-state index contributed by atoms with van der Waals surface area (Å²) in [6.07, 6.45) is 1.84. The molecule has 6 aromatic carbocycles. The van der Waals surface area contributed by atoms with E-state index in [9.17, 15) is 0 Å². The van der Waals surface area contributed by atoms with E-state index >= 15 is 0 Å². The lowest BCUT2D eigenvalue weighted by Gasteiger charge is -2.14. The monoisotopic (exact) mass is 589 g/mol. The number of thiophene rings is 1. The van der Waals surface area contributed by atoms with Gasteiger partial charge in [-0.2, -0.15) is 0 Å². The van der Waals surface area contributed by atoms with Gasteiger partial charge in [0.2, 0.25) is 0 Å². The van der Waals surface area contributed by atoms with E-state index in [2.05, 4.69) is 132 Å². The Morgan fingerprint density at radius 1 is 0.422 bits per heavy atom. The van der Waals surface area contributed by atoms with Crippen LogP contribution in [0.25, 0.3) is 96.9 Å². The molecular weight excluding hydrogens is 567 g/mol. The van der Waals surface area contributed by atoms with Gasteiger partial charge in [-0.3, -0.25) is 4.98 Å². The molecule has 0 aliphatic heterocycles. The normalized spacial score (nSPS) is 12.0. The Labute approximate surface area is 262 Å². The zero-order valence-electron chi connectivity index (χ0n) is 24.0. The quantitative estimate of drug-likeness (QED) is 0.188. The minimum absolute atomic E-state index is 0.924. The summed E-state index contributed by atoms with van der Waals surface area (Å²) in [5.41, 5.74) is 7.03. The molecule has 10 aromatic rings. The second-order valence-corrected chi connectivity index (χ2v) is 12.6. The standard InChI is InChI=1S/C41H23N3S/c1-2-10-31-29(9-1)37-34(21-22-36-38(37)32-11-3-4-16-35(32)45-36)44-41(31)30-15-6-12-26-27(30)13-5-14-28(26)33-20-19-25-18-17-24-8-7-23-42-39(24)40(25)43-33/h1-23H. The molecule has 0 amide bonds. The first kappa shape index (κ1) is 24.7. The van der Waals surface area contributed by atoms with Crippen molar-refractivity contribution >= 4 is 85.8 Å². The van der Waals surface area contributed by atoms with Crippen molar-refractivity contribution in [3.8, 4) is 22.5 Å². The molecule has 4 aromatic heterocycles. The molecule has 0 aliphatic carbocycles. The van der Waals surface area contributed by atoms with Crippen molar-refractivity contribution in [1.29, 1.82) is 0 Å². The summed E-state index contributed by atoms with van der Waals surface area (Å²) >= 11 is 1.85. The van der Waals surface area contributed by atoms with Crippen molar-refractivity contribution in [3.05, 3.63) is 140 Å². The van der Waals surface area contributed by atoms with Gasteiger partial charge in [0.1, 0.15) is 0 Å². The fourth-order valence-electron chi connectivity index (χ4n) is 7.08. The van der Waals surface area contributed by atoms with Crippen LogP contribution >= 0.6 is 11.3 Å². The minimum atomic E-state index is 0.924. The highest BCUT2D eigenvalue weighted by molar-refractivity contribution is 7.26. The summed E-state index contributed by atoms with van der Waals surface area (Å²) in [6.45, 7) is 0. The van der Waals surface area contributed by atoms with E-state index in [1.165, 1.54) is 30.9 Å². The van der Waals surface area contributed by atoms with Crippen molar-refractivity contribution < 1.29 is 0 Å². The van der Waals surface area contributed by atoms with Crippen LogP contribution in [-0.2, 0) is 0 Å². The van der Waals surface area contributed by atoms with Crippen LogP contribution in [0.2, 0.25) is 0 Å². The van der Waals surface area contributed by atoms with Gasteiger partial charge in [-0.15, -0.1) is 11.3 Å². The summed E-state index contributed by atoms with van der Waals surface area (Å²) < 4.78 is 2.60. The maximum atomic E-state index is 5.42. The predicted octanol–water partition coefficient (Wildman–Crippen LogP) is 11.3. The first-order chi connectivity index (χ1) is 22.3. The summed E-state index contributed by atoms with van der Waals surface area (Å²) in [4.78, 5) is 15.3. The third-order valence-corrected chi connectivity index (χ3v) is 10.2. The molecule has 0 atom stereocenters. The van der Waals surface area contributed by atoms with Gasteiger partial charge < -0.3 is 0 Å². The molecule has 0 bridgehead atoms. The van der Waals surface area contributed by atoms with Crippen LogP contribution in [0, 0.1) is 0 Å². The largest absolute Gasteiger partial charge is 0.254 e. The zero-order chi connectivity index (χ0) is 29.5. The topological polar surface area (TPSA) is 38.7 Å². The van der Waals surface area contributed by atoms with Crippen LogP contribution in [0.15, 0.2) is 140 Å². The number of aromatic nitrogens is 3. The molecule has 10 rings (SSSR count). The van der Waals surface area contributed by atoms with Gasteiger partial charge in [-0.25, -0.2) is 9.97 Å². The van der Waals surface area contributed by atoms with Crippen molar-refractivity contribution in [1.82, 2.24) is 15.0 Å². The number of hydrogen-bond acceptors (Lipinski definition) is 4. The summed E-state index contributed by atoms with van der Waals surface area (Å²) in [5, 5.41) is 10.7. The lowest BCUT2D eigenvalue weighted by atomic mass is 9.93. The van der Waals surface area contributed by atoms with Gasteiger partial charge in [0.05, 0.1) is 27.9 Å². The SMILES string of the molecule is c1cnc2c(c1)ccc1ccc(-c3cccc4c(-c5nc6ccc7sc8ccccc8c7c6c6ccccc56)cccc34)nc12. The molecule has 0 unspecified atom stereocenters. The molecule has 0 saturated carbocycles. The van der Waals surface area contributed by atoms with E-state index in [-0.39, 0.29) is 0 Å². The maximum Gasteiger partial charge on any atom is 0.0972 e. The third-order valence-electron chi connectivity index (χ3n) is 9.09. The van der Waals surface area contributed by atoms with Crippen molar-refractivity contribution in [2.75, 3.05) is 0 Å². The number of pyridine rings is 3. The van der Waals surface area contributed by atoms with Crippen LogP contribution in [0.5, 0.6) is 0 Å². The Morgan fingerprint density at radius 3 is 2.02 bits per heavy atom. The molecule has 3 nitrogen and oxygen atoms in total. The van der Waals surface area contributed by atoms with E-state index in [0.717, 1.165) is 66.0 Å². The van der Waals surface area contributed by atoms with Gasteiger partial charge in [0.25, 0.3) is 0 Å². The van der Waals surface area contributed by atoms with Crippen LogP contribution < -0.4 is 0 Å². The number of fused-ring (bicyclic) bond motifs is 11. The lowest BCUT2D eigenvalue weighted by Crippen LogP contribution is -1.93. The number of benzene rings is 6. The zero-order valence-corrected chi connectivity index (χ0v) is 24.8. The molecule has 45 heavy (non-hydrogen) atoms. The van der Waals surface area contributed by atoms with E-state index in [1.54, 1.807) is 0 Å². The Bertz CT molecular complexity index is 2830. The highest BCUT2D eigenvalue weighted by Crippen LogP contribution is 2.44. The maximum absolute atomic E-state index is 5.42. The second kappa shape index (κ2) is 9.39. The Kier molecular flexibility index (Phi) is 5.16. The minimum Gasteiger partial charge on any atom is -0.254 e. The smallest absolute Gasteiger partial charge is 0.0972 e. The fraction of sp³-hybridized carbons (Fsp3) is 0. The average molecular weight is 590 g/mol. The molecule has 0 radical (unpaired) electrons. The van der Waals surface area contributed by atoms with Gasteiger partial charge in [-0.1, -0.05) is 103 Å². The van der Waals surface area contributed by atoms with Crippen molar-refractivity contribution in [2.45, 2.75) is 0 Å². The van der Waals surface area contributed by atoms with Gasteiger partial charge >= 0.3 is 0 Å². The van der Waals surface area contributed by atoms with Gasteiger partial charge in [-0.05, 0) is 46.5 Å². The first-order valence-electron chi connectivity index (χ1n) is 15.1. The summed E-state index contributed by atoms with van der Waals surface area (Å²) in [5.74, 6) is 0. The second-order valence-electron chi connectivity index (χ2n) is 11.6.